The van der Waals surface area contributed by atoms with Gasteiger partial charge in [-0.25, -0.2) is 0 Å². The molecule has 1 aromatic heterocycles. The van der Waals surface area contributed by atoms with Crippen LogP contribution in [0.15, 0.2) is 29.2 Å². The topological polar surface area (TPSA) is 65.4 Å². The van der Waals surface area contributed by atoms with Crippen LogP contribution in [-0.2, 0) is 14.5 Å². The summed E-state index contributed by atoms with van der Waals surface area (Å²) in [7, 11) is -2.93. The lowest BCUT2D eigenvalue weighted by molar-refractivity contribution is 0.388. The fourth-order valence-electron chi connectivity index (χ4n) is 0.678. The van der Waals surface area contributed by atoms with Gasteiger partial charge in [0.1, 0.15) is 0 Å². The van der Waals surface area contributed by atoms with Gasteiger partial charge in [-0.15, -0.1) is 0 Å². The molecule has 0 aliphatic heterocycles. The third kappa shape index (κ3) is 1.54. The normalized spacial score (nSPS) is 11.4. The summed E-state index contributed by atoms with van der Waals surface area (Å²) in [5.74, 6) is 0. The highest BCUT2D eigenvalue weighted by Crippen LogP contribution is 1.92. The van der Waals surface area contributed by atoms with Crippen LogP contribution >= 0.6 is 0 Å². The van der Waals surface area contributed by atoms with Crippen molar-refractivity contribution >= 4 is 10.3 Å². The summed E-state index contributed by atoms with van der Waals surface area (Å²) >= 11 is 0. The number of pyridine rings is 1. The van der Waals surface area contributed by atoms with Crippen molar-refractivity contribution in [2.45, 2.75) is 0 Å². The molecule has 0 aliphatic carbocycles. The van der Waals surface area contributed by atoms with Crippen molar-refractivity contribution in [2.24, 2.45) is 0 Å². The fourth-order valence-corrected chi connectivity index (χ4v) is 1.34. The van der Waals surface area contributed by atoms with Crippen LogP contribution in [-0.4, -0.2) is 19.5 Å². The first-order valence-corrected chi connectivity index (χ1v) is 4.43. The van der Waals surface area contributed by atoms with Crippen LogP contribution in [0.25, 0.3) is 0 Å². The minimum atomic E-state index is -3.92. The molecular weight excluding hydrogens is 182 g/mol. The van der Waals surface area contributed by atoms with Crippen molar-refractivity contribution in [1.82, 2.24) is 3.97 Å². The molecule has 0 N–H and O–H groups in total. The molecule has 1 aromatic rings. The molecule has 0 aromatic carbocycles. The molecule has 0 bridgehead atoms. The van der Waals surface area contributed by atoms with E-state index in [1.165, 1.54) is 12.1 Å². The molecule has 0 fully saturated rings. The van der Waals surface area contributed by atoms with E-state index in [0.717, 1.165) is 19.4 Å². The smallest absolute Gasteiger partial charge is 0.268 e. The molecule has 0 aliphatic rings. The molecule has 66 valence electrons. The van der Waals surface area contributed by atoms with Gasteiger partial charge < -0.3 is 0 Å². The molecule has 1 rings (SSSR count). The van der Waals surface area contributed by atoms with Gasteiger partial charge in [-0.2, -0.15) is 12.4 Å². The van der Waals surface area contributed by atoms with Crippen LogP contribution in [0.3, 0.4) is 0 Å². The zero-order chi connectivity index (χ0) is 9.19. The van der Waals surface area contributed by atoms with E-state index in [0.29, 0.717) is 3.97 Å². The van der Waals surface area contributed by atoms with Gasteiger partial charge in [0.05, 0.1) is 7.11 Å². The van der Waals surface area contributed by atoms with Crippen LogP contribution in [0.5, 0.6) is 0 Å². The van der Waals surface area contributed by atoms with Gasteiger partial charge in [0, 0.05) is 12.3 Å². The van der Waals surface area contributed by atoms with Crippen LogP contribution < -0.4 is 5.56 Å². The first-order valence-electron chi connectivity index (χ1n) is 3.07. The van der Waals surface area contributed by atoms with Gasteiger partial charge in [-0.1, -0.05) is 6.07 Å². The predicted molar refractivity (Wildman–Crippen MR) is 42.0 cm³/mol. The van der Waals surface area contributed by atoms with Crippen LogP contribution in [0.2, 0.25) is 0 Å². The maximum atomic E-state index is 11.0. The fraction of sp³-hybridized carbons (Fsp3) is 0.167. The van der Waals surface area contributed by atoms with Crippen molar-refractivity contribution in [3.05, 3.63) is 34.7 Å². The Kier molecular flexibility index (Phi) is 2.30. The second kappa shape index (κ2) is 3.08. The Bertz CT molecular complexity index is 419. The molecule has 0 saturated carbocycles. The van der Waals surface area contributed by atoms with E-state index in [9.17, 15) is 13.2 Å². The lowest BCUT2D eigenvalue weighted by Gasteiger charge is -2.01. The van der Waals surface area contributed by atoms with Gasteiger partial charge in [0.2, 0.25) is 0 Å². The Balaban J connectivity index is 3.40. The zero-order valence-corrected chi connectivity index (χ0v) is 7.11. The number of nitrogens with zero attached hydrogens (tertiary/aromatic N) is 1. The average Bonchev–Trinajstić information content (AvgIpc) is 2.05. The molecule has 1 heterocycles. The Morgan fingerprint density at radius 1 is 1.42 bits per heavy atom. The maximum absolute atomic E-state index is 11.0. The van der Waals surface area contributed by atoms with Gasteiger partial charge in [0.15, 0.2) is 0 Å². The lowest BCUT2D eigenvalue weighted by Crippen LogP contribution is -2.26. The molecule has 0 radical (unpaired) electrons. The van der Waals surface area contributed by atoms with E-state index in [1.54, 1.807) is 0 Å². The van der Waals surface area contributed by atoms with E-state index in [4.69, 9.17) is 0 Å². The number of hydrogen-bond donors (Lipinski definition) is 0. The van der Waals surface area contributed by atoms with Gasteiger partial charge in [-0.3, -0.25) is 8.98 Å². The first kappa shape index (κ1) is 8.95. The number of hydrogen-bond acceptors (Lipinski definition) is 4. The van der Waals surface area contributed by atoms with Crippen molar-refractivity contribution in [1.29, 1.82) is 0 Å². The highest BCUT2D eigenvalue weighted by Gasteiger charge is 2.11. The Morgan fingerprint density at radius 2 is 2.08 bits per heavy atom. The summed E-state index contributed by atoms with van der Waals surface area (Å²) in [6.45, 7) is 0. The van der Waals surface area contributed by atoms with Gasteiger partial charge in [-0.05, 0) is 6.07 Å². The highest BCUT2D eigenvalue weighted by atomic mass is 32.2. The molecule has 0 saturated heterocycles. The van der Waals surface area contributed by atoms with E-state index in [1.807, 2.05) is 0 Å². The maximum Gasteiger partial charge on any atom is 0.368 e. The second-order valence-electron chi connectivity index (χ2n) is 1.96. The molecule has 12 heavy (non-hydrogen) atoms. The van der Waals surface area contributed by atoms with Crippen LogP contribution in [0.4, 0.5) is 0 Å². The zero-order valence-electron chi connectivity index (χ0n) is 6.30. The quantitative estimate of drug-likeness (QED) is 0.634. The van der Waals surface area contributed by atoms with Crippen molar-refractivity contribution < 1.29 is 12.6 Å². The van der Waals surface area contributed by atoms with Crippen LogP contribution in [0, 0.1) is 0 Å². The largest absolute Gasteiger partial charge is 0.368 e. The number of aromatic nitrogens is 1. The molecule has 0 amide bonds. The van der Waals surface area contributed by atoms with Crippen molar-refractivity contribution in [3.8, 4) is 0 Å². The Morgan fingerprint density at radius 3 is 2.58 bits per heavy atom. The van der Waals surface area contributed by atoms with E-state index >= 15 is 0 Å². The predicted octanol–water partition coefficient (Wildman–Crippen LogP) is -0.412. The van der Waals surface area contributed by atoms with Gasteiger partial charge >= 0.3 is 10.3 Å². The standard InChI is InChI=1S/C6H7NO4S/c1-11-12(9,10)7-5-3-2-4-6(7)8/h2-5H,1H3. The number of rotatable bonds is 2. The third-order valence-electron chi connectivity index (χ3n) is 1.24. The summed E-state index contributed by atoms with van der Waals surface area (Å²) < 4.78 is 26.6. The molecule has 0 spiro atoms. The van der Waals surface area contributed by atoms with Gasteiger partial charge in [0.25, 0.3) is 5.56 Å². The van der Waals surface area contributed by atoms with E-state index in [2.05, 4.69) is 4.18 Å². The SMILES string of the molecule is COS(=O)(=O)n1ccccc1=O. The molecule has 6 heteroatoms. The highest BCUT2D eigenvalue weighted by molar-refractivity contribution is 7.85. The summed E-state index contributed by atoms with van der Waals surface area (Å²) in [4.78, 5) is 10.9. The lowest BCUT2D eigenvalue weighted by atomic mass is 10.5. The summed E-state index contributed by atoms with van der Waals surface area (Å²) in [5, 5.41) is 0. The Labute approximate surface area is 69.5 Å². The average molecular weight is 189 g/mol. The van der Waals surface area contributed by atoms with E-state index < -0.39 is 15.9 Å². The van der Waals surface area contributed by atoms with Crippen LogP contribution in [0.1, 0.15) is 0 Å². The second-order valence-corrected chi connectivity index (χ2v) is 3.54. The Hall–Kier alpha value is -1.14. The molecule has 0 atom stereocenters. The van der Waals surface area contributed by atoms with E-state index in [-0.39, 0.29) is 0 Å². The van der Waals surface area contributed by atoms with Crippen molar-refractivity contribution in [3.63, 3.8) is 0 Å². The molecule has 5 nitrogen and oxygen atoms in total. The summed E-state index contributed by atoms with van der Waals surface area (Å²) in [6.07, 6.45) is 1.13. The minimum absolute atomic E-state index is 0.521. The summed E-state index contributed by atoms with van der Waals surface area (Å²) in [6, 6.07) is 4.01. The third-order valence-corrected chi connectivity index (χ3v) is 2.44. The summed E-state index contributed by atoms with van der Waals surface area (Å²) in [5.41, 5.74) is -0.639. The first-order chi connectivity index (χ1) is 5.58. The van der Waals surface area contributed by atoms with Crippen molar-refractivity contribution in [2.75, 3.05) is 7.11 Å². The molecule has 0 unspecified atom stereocenters. The minimum Gasteiger partial charge on any atom is -0.268 e. The monoisotopic (exact) mass is 189 g/mol. The molecular formula is C6H7NO4S.